The Balaban J connectivity index is 1.49. The highest BCUT2D eigenvalue weighted by molar-refractivity contribution is 6.06. The smallest absolute Gasteiger partial charge is 0.406 e. The molecule has 2 atom stereocenters. The second-order valence-corrected chi connectivity index (χ2v) is 11.2. The van der Waals surface area contributed by atoms with Gasteiger partial charge in [-0.2, -0.15) is 0 Å². The van der Waals surface area contributed by atoms with Crippen molar-refractivity contribution in [3.8, 4) is 5.75 Å². The third-order valence-corrected chi connectivity index (χ3v) is 7.13. The number of aromatic nitrogens is 2. The Morgan fingerprint density at radius 2 is 1.68 bits per heavy atom. The van der Waals surface area contributed by atoms with E-state index in [4.69, 9.17) is 4.98 Å². The number of halogens is 4. The Morgan fingerprint density at radius 1 is 1.00 bits per heavy atom. The van der Waals surface area contributed by atoms with Crippen LogP contribution in [0, 0.1) is 17.2 Å². The third-order valence-electron chi connectivity index (χ3n) is 7.13. The monoisotopic (exact) mass is 554 g/mol. The molecule has 1 saturated carbocycles. The van der Waals surface area contributed by atoms with Gasteiger partial charge in [0.2, 0.25) is 5.95 Å². The van der Waals surface area contributed by atoms with Crippen molar-refractivity contribution in [2.24, 2.45) is 11.3 Å². The molecular formula is C30H30F4N4O2. The zero-order chi connectivity index (χ0) is 28.7. The predicted molar refractivity (Wildman–Crippen MR) is 146 cm³/mol. The standard InChI is InChI=1S/C30H30F4N4O2/c1-18-14-23(17-29(2,3)16-18)38-26-13-4-19(27(39)35-21-7-5-20(31)6-8-21)15-25(26)37-28(38)36-22-9-11-24(12-10-22)40-30(32,33)34/h4-13,15,18,23H,14,16-17H2,1-3H3,(H,35,39)(H,36,37)/t18-,23+/m0/s1. The average Bonchev–Trinajstić information content (AvgIpc) is 3.21. The first-order chi connectivity index (χ1) is 18.8. The molecule has 4 aromatic rings. The van der Waals surface area contributed by atoms with Crippen molar-refractivity contribution in [2.45, 2.75) is 52.4 Å². The lowest BCUT2D eigenvalue weighted by atomic mass is 9.70. The number of nitrogens with one attached hydrogen (secondary N) is 2. The van der Waals surface area contributed by atoms with Crippen molar-refractivity contribution >= 4 is 34.3 Å². The molecule has 0 bridgehead atoms. The van der Waals surface area contributed by atoms with Crippen LogP contribution in [0.4, 0.5) is 34.9 Å². The molecule has 0 unspecified atom stereocenters. The van der Waals surface area contributed by atoms with Gasteiger partial charge in [0.1, 0.15) is 11.6 Å². The van der Waals surface area contributed by atoms with E-state index in [1.54, 1.807) is 12.1 Å². The highest BCUT2D eigenvalue weighted by Gasteiger charge is 2.35. The summed E-state index contributed by atoms with van der Waals surface area (Å²) in [6, 6.07) is 16.4. The molecule has 10 heteroatoms. The Kier molecular flexibility index (Phi) is 7.20. The summed E-state index contributed by atoms with van der Waals surface area (Å²) in [4.78, 5) is 17.7. The molecule has 1 amide bonds. The summed E-state index contributed by atoms with van der Waals surface area (Å²) in [5.74, 6) is -0.0479. The maximum absolute atomic E-state index is 13.2. The Morgan fingerprint density at radius 3 is 2.33 bits per heavy atom. The van der Waals surface area contributed by atoms with Gasteiger partial charge in [0.25, 0.3) is 5.91 Å². The predicted octanol–water partition coefficient (Wildman–Crippen LogP) is 8.46. The number of fused-ring (bicyclic) bond motifs is 1. The van der Waals surface area contributed by atoms with Gasteiger partial charge in [0, 0.05) is 23.0 Å². The number of carbonyl (C=O) groups excluding carboxylic acids is 1. The molecule has 210 valence electrons. The van der Waals surface area contributed by atoms with Crippen molar-refractivity contribution < 1.29 is 27.1 Å². The van der Waals surface area contributed by atoms with Gasteiger partial charge in [-0.05, 0) is 97.3 Å². The summed E-state index contributed by atoms with van der Waals surface area (Å²) >= 11 is 0. The molecule has 0 spiro atoms. The van der Waals surface area contributed by atoms with Gasteiger partial charge in [-0.3, -0.25) is 4.79 Å². The van der Waals surface area contributed by atoms with E-state index in [1.807, 2.05) is 6.07 Å². The molecule has 1 heterocycles. The molecular weight excluding hydrogens is 524 g/mol. The first kappa shape index (κ1) is 27.5. The summed E-state index contributed by atoms with van der Waals surface area (Å²) in [7, 11) is 0. The van der Waals surface area contributed by atoms with Crippen molar-refractivity contribution in [1.29, 1.82) is 0 Å². The lowest BCUT2D eigenvalue weighted by Gasteiger charge is -2.40. The number of imidazole rings is 1. The van der Waals surface area contributed by atoms with Gasteiger partial charge in [-0.1, -0.05) is 20.8 Å². The maximum atomic E-state index is 13.2. The van der Waals surface area contributed by atoms with Crippen LogP contribution >= 0.6 is 0 Å². The quantitative estimate of drug-likeness (QED) is 0.235. The molecule has 1 aliphatic carbocycles. The van der Waals surface area contributed by atoms with E-state index < -0.39 is 12.2 Å². The molecule has 3 aromatic carbocycles. The summed E-state index contributed by atoms with van der Waals surface area (Å²) in [6.45, 7) is 6.73. The number of amides is 1. The van der Waals surface area contributed by atoms with Crippen LogP contribution in [0.1, 0.15) is 56.4 Å². The van der Waals surface area contributed by atoms with Gasteiger partial charge in [-0.25, -0.2) is 9.37 Å². The minimum atomic E-state index is -4.77. The van der Waals surface area contributed by atoms with Crippen LogP contribution in [-0.2, 0) is 0 Å². The Hall–Kier alpha value is -4.08. The zero-order valence-corrected chi connectivity index (χ0v) is 22.3. The van der Waals surface area contributed by atoms with Crippen molar-refractivity contribution in [3.63, 3.8) is 0 Å². The number of rotatable bonds is 6. The Bertz CT molecular complexity index is 1510. The lowest BCUT2D eigenvalue weighted by molar-refractivity contribution is -0.274. The fraction of sp³-hybridized carbons (Fsp3) is 0.333. The van der Waals surface area contributed by atoms with E-state index in [2.05, 4.69) is 40.7 Å². The minimum Gasteiger partial charge on any atom is -0.406 e. The highest BCUT2D eigenvalue weighted by Crippen LogP contribution is 2.46. The number of hydrogen-bond acceptors (Lipinski definition) is 4. The fourth-order valence-corrected chi connectivity index (χ4v) is 5.80. The molecule has 1 aromatic heterocycles. The van der Waals surface area contributed by atoms with Gasteiger partial charge in [-0.15, -0.1) is 13.2 Å². The van der Waals surface area contributed by atoms with E-state index in [0.29, 0.717) is 34.3 Å². The largest absolute Gasteiger partial charge is 0.573 e. The normalized spacial score (nSPS) is 18.9. The van der Waals surface area contributed by atoms with Crippen LogP contribution in [-0.4, -0.2) is 21.8 Å². The van der Waals surface area contributed by atoms with E-state index in [0.717, 1.165) is 24.8 Å². The number of ether oxygens (including phenoxy) is 1. The minimum absolute atomic E-state index is 0.113. The van der Waals surface area contributed by atoms with Gasteiger partial charge in [0.05, 0.1) is 11.0 Å². The molecule has 1 fully saturated rings. The number of benzene rings is 3. The second-order valence-electron chi connectivity index (χ2n) is 11.2. The van der Waals surface area contributed by atoms with Crippen LogP contribution in [0.25, 0.3) is 11.0 Å². The second kappa shape index (κ2) is 10.5. The van der Waals surface area contributed by atoms with E-state index in [9.17, 15) is 22.4 Å². The van der Waals surface area contributed by atoms with Crippen LogP contribution in [0.15, 0.2) is 66.7 Å². The fourth-order valence-electron chi connectivity index (χ4n) is 5.80. The van der Waals surface area contributed by atoms with E-state index >= 15 is 0 Å². The molecule has 40 heavy (non-hydrogen) atoms. The van der Waals surface area contributed by atoms with Crippen LogP contribution in [0.3, 0.4) is 0 Å². The number of anilines is 3. The van der Waals surface area contributed by atoms with Crippen molar-refractivity contribution in [1.82, 2.24) is 9.55 Å². The first-order valence-corrected chi connectivity index (χ1v) is 13.1. The highest BCUT2D eigenvalue weighted by atomic mass is 19.4. The maximum Gasteiger partial charge on any atom is 0.573 e. The molecule has 1 aliphatic rings. The Labute approximate surface area is 229 Å². The van der Waals surface area contributed by atoms with Crippen molar-refractivity contribution in [2.75, 3.05) is 10.6 Å². The van der Waals surface area contributed by atoms with Crippen molar-refractivity contribution in [3.05, 3.63) is 78.1 Å². The number of alkyl halides is 3. The molecule has 0 saturated heterocycles. The van der Waals surface area contributed by atoms with Gasteiger partial charge >= 0.3 is 6.36 Å². The summed E-state index contributed by atoms with van der Waals surface area (Å²) in [5, 5.41) is 6.03. The summed E-state index contributed by atoms with van der Waals surface area (Å²) < 4.78 is 57.1. The number of hydrogen-bond donors (Lipinski definition) is 2. The molecule has 0 radical (unpaired) electrons. The molecule has 2 N–H and O–H groups in total. The lowest BCUT2D eigenvalue weighted by Crippen LogP contribution is -2.29. The summed E-state index contributed by atoms with van der Waals surface area (Å²) in [5.41, 5.74) is 2.95. The van der Waals surface area contributed by atoms with Crippen LogP contribution in [0.2, 0.25) is 0 Å². The molecule has 6 nitrogen and oxygen atoms in total. The van der Waals surface area contributed by atoms with Crippen LogP contribution < -0.4 is 15.4 Å². The zero-order valence-electron chi connectivity index (χ0n) is 22.3. The number of carbonyl (C=O) groups is 1. The number of nitrogens with zero attached hydrogens (tertiary/aromatic N) is 2. The summed E-state index contributed by atoms with van der Waals surface area (Å²) in [6.07, 6.45) is -1.81. The van der Waals surface area contributed by atoms with E-state index in [1.165, 1.54) is 48.5 Å². The van der Waals surface area contributed by atoms with Gasteiger partial charge in [0.15, 0.2) is 0 Å². The topological polar surface area (TPSA) is 68.2 Å². The molecule has 0 aliphatic heterocycles. The average molecular weight is 555 g/mol. The first-order valence-electron chi connectivity index (χ1n) is 13.1. The molecule has 5 rings (SSSR count). The van der Waals surface area contributed by atoms with Gasteiger partial charge < -0.3 is 19.9 Å². The SMILES string of the molecule is C[C@H]1C[C@@H](n2c(Nc3ccc(OC(F)(F)F)cc3)nc3cc(C(=O)Nc4ccc(F)cc4)ccc32)CC(C)(C)C1. The van der Waals surface area contributed by atoms with Crippen LogP contribution in [0.5, 0.6) is 5.75 Å². The van der Waals surface area contributed by atoms with E-state index in [-0.39, 0.29) is 23.1 Å². The third kappa shape index (κ3) is 6.38.